The van der Waals surface area contributed by atoms with E-state index in [-0.39, 0.29) is 10.8 Å². The van der Waals surface area contributed by atoms with Crippen LogP contribution in [-0.4, -0.2) is 11.7 Å². The number of hydrogen-bond acceptors (Lipinski definition) is 2. The van der Waals surface area contributed by atoms with Crippen LogP contribution in [0, 0.1) is 16.7 Å². The summed E-state index contributed by atoms with van der Waals surface area (Å²) in [5.74, 6) is 0.341. The minimum atomic E-state index is -0.481. The third-order valence-corrected chi connectivity index (χ3v) is 5.69. The van der Waals surface area contributed by atoms with Crippen molar-refractivity contribution in [1.82, 2.24) is 0 Å². The number of primary amides is 1. The number of Topliss-reactive ketones (excluding diaryl/α,β-unsaturated/α-hetero) is 1. The summed E-state index contributed by atoms with van der Waals surface area (Å²) >= 11 is 0. The number of rotatable bonds is 2. The molecule has 0 saturated heterocycles. The number of fused-ring (bicyclic) bond motifs is 2. The van der Waals surface area contributed by atoms with Crippen LogP contribution in [0.3, 0.4) is 0 Å². The highest BCUT2D eigenvalue weighted by molar-refractivity contribution is 6.07. The van der Waals surface area contributed by atoms with E-state index in [0.717, 1.165) is 30.1 Å². The van der Waals surface area contributed by atoms with Crippen LogP contribution in [0.15, 0.2) is 48.6 Å². The second-order valence-electron chi connectivity index (χ2n) is 7.09. The van der Waals surface area contributed by atoms with E-state index in [1.165, 1.54) is 0 Å². The second kappa shape index (κ2) is 6.15. The molecule has 2 fully saturated rings. The molecular weight excluding hydrogens is 286 g/mol. The highest BCUT2D eigenvalue weighted by Gasteiger charge is 2.63. The standard InChI is InChI=1S/C17H20O.C3H5NO/c1-16(2)14-9-10-17(16,3)15(18)13(14)11-12-7-5-4-6-8-12;1-2-3(4)5/h4-8,11,14H,9-10H2,1-3H3;2H,1H2,(H2,4,5). The van der Waals surface area contributed by atoms with Gasteiger partial charge in [-0.05, 0) is 47.5 Å². The van der Waals surface area contributed by atoms with Crippen LogP contribution >= 0.6 is 0 Å². The van der Waals surface area contributed by atoms with Gasteiger partial charge in [-0.2, -0.15) is 0 Å². The number of hydrogen-bond donors (Lipinski definition) is 1. The number of amides is 1. The maximum atomic E-state index is 12.6. The van der Waals surface area contributed by atoms with Crippen molar-refractivity contribution in [1.29, 1.82) is 0 Å². The van der Waals surface area contributed by atoms with Crippen LogP contribution in [0.5, 0.6) is 0 Å². The Morgan fingerprint density at radius 1 is 1.26 bits per heavy atom. The third-order valence-electron chi connectivity index (χ3n) is 5.69. The van der Waals surface area contributed by atoms with E-state index < -0.39 is 5.91 Å². The van der Waals surface area contributed by atoms with Gasteiger partial charge in [0.25, 0.3) is 0 Å². The van der Waals surface area contributed by atoms with Gasteiger partial charge < -0.3 is 5.73 Å². The Kier molecular flexibility index (Phi) is 4.60. The monoisotopic (exact) mass is 311 g/mol. The largest absolute Gasteiger partial charge is 0.366 e. The van der Waals surface area contributed by atoms with Crippen molar-refractivity contribution in [2.24, 2.45) is 22.5 Å². The lowest BCUT2D eigenvalue weighted by molar-refractivity contribution is -0.125. The zero-order chi connectivity index (χ0) is 17.3. The summed E-state index contributed by atoms with van der Waals surface area (Å²) in [5.41, 5.74) is 6.71. The van der Waals surface area contributed by atoms with Gasteiger partial charge in [0, 0.05) is 5.41 Å². The van der Waals surface area contributed by atoms with E-state index in [2.05, 4.69) is 51.3 Å². The summed E-state index contributed by atoms with van der Waals surface area (Å²) < 4.78 is 0. The Balaban J connectivity index is 0.000000338. The molecule has 0 radical (unpaired) electrons. The summed E-state index contributed by atoms with van der Waals surface area (Å²) in [7, 11) is 0. The molecule has 0 aliphatic heterocycles. The number of nitrogens with two attached hydrogens (primary N) is 1. The first-order valence-electron chi connectivity index (χ1n) is 7.97. The molecule has 2 atom stereocenters. The van der Waals surface area contributed by atoms with Gasteiger partial charge in [0.05, 0.1) is 0 Å². The van der Waals surface area contributed by atoms with Crippen LogP contribution in [-0.2, 0) is 9.59 Å². The average Bonchev–Trinajstić information content (AvgIpc) is 2.83. The molecule has 2 aliphatic rings. The molecule has 3 rings (SSSR count). The van der Waals surface area contributed by atoms with Crippen molar-refractivity contribution in [2.45, 2.75) is 33.6 Å². The van der Waals surface area contributed by atoms with E-state index >= 15 is 0 Å². The Bertz CT molecular complexity index is 657. The molecule has 2 N–H and O–H groups in total. The average molecular weight is 311 g/mol. The first kappa shape index (κ1) is 17.2. The first-order valence-corrected chi connectivity index (χ1v) is 7.97. The summed E-state index contributed by atoms with van der Waals surface area (Å²) in [6, 6.07) is 10.2. The molecule has 3 nitrogen and oxygen atoms in total. The van der Waals surface area contributed by atoms with Crippen LogP contribution in [0.2, 0.25) is 0 Å². The highest BCUT2D eigenvalue weighted by atomic mass is 16.1. The lowest BCUT2D eigenvalue weighted by Gasteiger charge is -2.31. The minimum Gasteiger partial charge on any atom is -0.366 e. The molecule has 2 saturated carbocycles. The van der Waals surface area contributed by atoms with Crippen LogP contribution < -0.4 is 5.73 Å². The van der Waals surface area contributed by atoms with Crippen molar-refractivity contribution >= 4 is 17.8 Å². The van der Waals surface area contributed by atoms with E-state index in [4.69, 9.17) is 0 Å². The zero-order valence-corrected chi connectivity index (χ0v) is 14.1. The van der Waals surface area contributed by atoms with E-state index in [1.807, 2.05) is 18.2 Å². The lowest BCUT2D eigenvalue weighted by Crippen LogP contribution is -2.32. The number of carbonyl (C=O) groups excluding carboxylic acids is 2. The summed E-state index contributed by atoms with van der Waals surface area (Å²) in [6.45, 7) is 9.76. The van der Waals surface area contributed by atoms with Gasteiger partial charge >= 0.3 is 0 Å². The smallest absolute Gasteiger partial charge is 0.240 e. The Morgan fingerprint density at radius 2 is 1.83 bits per heavy atom. The predicted molar refractivity (Wildman–Crippen MR) is 93.4 cm³/mol. The molecule has 1 aromatic carbocycles. The Labute approximate surface area is 138 Å². The van der Waals surface area contributed by atoms with Gasteiger partial charge in [0.1, 0.15) is 0 Å². The van der Waals surface area contributed by atoms with Gasteiger partial charge in [-0.3, -0.25) is 9.59 Å². The maximum absolute atomic E-state index is 12.6. The molecular formula is C20H25NO2. The van der Waals surface area contributed by atoms with E-state index in [9.17, 15) is 9.59 Å². The van der Waals surface area contributed by atoms with Crippen LogP contribution in [0.1, 0.15) is 39.2 Å². The van der Waals surface area contributed by atoms with Gasteiger partial charge in [-0.15, -0.1) is 0 Å². The van der Waals surface area contributed by atoms with Crippen LogP contribution in [0.4, 0.5) is 0 Å². The van der Waals surface area contributed by atoms with Crippen molar-refractivity contribution in [3.8, 4) is 0 Å². The number of allylic oxidation sites excluding steroid dienone is 1. The molecule has 23 heavy (non-hydrogen) atoms. The van der Waals surface area contributed by atoms with E-state index in [0.29, 0.717) is 11.7 Å². The fraction of sp³-hybridized carbons (Fsp3) is 0.400. The fourth-order valence-electron chi connectivity index (χ4n) is 3.82. The molecule has 2 aliphatic carbocycles. The molecule has 0 aromatic heterocycles. The topological polar surface area (TPSA) is 60.2 Å². The second-order valence-corrected chi connectivity index (χ2v) is 7.09. The molecule has 0 spiro atoms. The maximum Gasteiger partial charge on any atom is 0.240 e. The summed E-state index contributed by atoms with van der Waals surface area (Å²) in [5, 5.41) is 0. The molecule has 2 bridgehead atoms. The lowest BCUT2D eigenvalue weighted by atomic mass is 9.70. The molecule has 1 amide bonds. The number of carbonyl (C=O) groups is 2. The zero-order valence-electron chi connectivity index (χ0n) is 14.1. The molecule has 3 heteroatoms. The molecule has 122 valence electrons. The number of ketones is 1. The van der Waals surface area contributed by atoms with Crippen molar-refractivity contribution in [3.05, 3.63) is 54.1 Å². The quantitative estimate of drug-likeness (QED) is 0.846. The Hall–Kier alpha value is -2.16. The molecule has 1 aromatic rings. The predicted octanol–water partition coefficient (Wildman–Crippen LogP) is 3.75. The Morgan fingerprint density at radius 3 is 2.26 bits per heavy atom. The van der Waals surface area contributed by atoms with Gasteiger partial charge in [0.15, 0.2) is 5.78 Å². The first-order chi connectivity index (χ1) is 10.7. The molecule has 0 heterocycles. The van der Waals surface area contributed by atoms with Gasteiger partial charge in [-0.1, -0.05) is 57.7 Å². The van der Waals surface area contributed by atoms with Crippen LogP contribution in [0.25, 0.3) is 6.08 Å². The van der Waals surface area contributed by atoms with Crippen molar-refractivity contribution in [3.63, 3.8) is 0 Å². The van der Waals surface area contributed by atoms with Gasteiger partial charge in [0.2, 0.25) is 5.91 Å². The SMILES string of the molecule is C=CC(N)=O.CC12CCC(C(=Cc3ccccc3)C1=O)C2(C)C. The van der Waals surface area contributed by atoms with Crippen molar-refractivity contribution < 1.29 is 9.59 Å². The summed E-state index contributed by atoms with van der Waals surface area (Å²) in [6.07, 6.45) is 5.38. The van der Waals surface area contributed by atoms with Crippen molar-refractivity contribution in [2.75, 3.05) is 0 Å². The number of benzene rings is 1. The molecule has 2 unspecified atom stereocenters. The normalized spacial score (nSPS) is 29.1. The third kappa shape index (κ3) is 2.88. The fourth-order valence-corrected chi connectivity index (χ4v) is 3.82. The highest BCUT2D eigenvalue weighted by Crippen LogP contribution is 2.65. The minimum absolute atomic E-state index is 0.116. The van der Waals surface area contributed by atoms with Gasteiger partial charge in [-0.25, -0.2) is 0 Å². The summed E-state index contributed by atoms with van der Waals surface area (Å²) in [4.78, 5) is 22.1. The van der Waals surface area contributed by atoms with E-state index in [1.54, 1.807) is 0 Å².